The number of hydrogen-bond acceptors (Lipinski definition) is 6. The number of nitrogens with one attached hydrogen (secondary N) is 2. The minimum Gasteiger partial charge on any atom is -0.286 e. The minimum absolute atomic E-state index is 0.100. The monoisotopic (exact) mass is 205 g/mol. The summed E-state index contributed by atoms with van der Waals surface area (Å²) in [6.07, 6.45) is 2.92. The highest BCUT2D eigenvalue weighted by Crippen LogP contribution is 1.99. The summed E-state index contributed by atoms with van der Waals surface area (Å²) in [5, 5.41) is 15.1. The molecule has 0 aliphatic carbocycles. The van der Waals surface area contributed by atoms with Crippen LogP contribution in [0.3, 0.4) is 0 Å². The Kier molecular flexibility index (Phi) is 2.31. The molecule has 2 aromatic heterocycles. The summed E-state index contributed by atoms with van der Waals surface area (Å²) < 4.78 is 0. The van der Waals surface area contributed by atoms with E-state index in [1.165, 1.54) is 6.20 Å². The summed E-state index contributed by atoms with van der Waals surface area (Å²) in [6, 6.07) is 0. The normalized spacial score (nSPS) is 9.93. The van der Waals surface area contributed by atoms with Crippen molar-refractivity contribution >= 4 is 11.9 Å². The second kappa shape index (κ2) is 3.78. The highest BCUT2D eigenvalue weighted by atomic mass is 16.2. The molecule has 15 heavy (non-hydrogen) atoms. The van der Waals surface area contributed by atoms with Crippen molar-refractivity contribution in [1.82, 2.24) is 30.6 Å². The Balaban J connectivity index is 2.15. The topological polar surface area (TPSA) is 109 Å². The van der Waals surface area contributed by atoms with E-state index >= 15 is 0 Å². The van der Waals surface area contributed by atoms with Gasteiger partial charge in [0.1, 0.15) is 5.69 Å². The first-order valence-corrected chi connectivity index (χ1v) is 4.09. The Bertz CT molecular complexity index is 466. The number of amides is 1. The van der Waals surface area contributed by atoms with Gasteiger partial charge in [-0.2, -0.15) is 5.21 Å². The Hall–Kier alpha value is -2.38. The molecule has 0 bridgehead atoms. The first kappa shape index (κ1) is 9.19. The van der Waals surface area contributed by atoms with E-state index in [0.717, 1.165) is 0 Å². The van der Waals surface area contributed by atoms with Crippen LogP contribution < -0.4 is 5.32 Å². The van der Waals surface area contributed by atoms with Crippen LogP contribution in [0.25, 0.3) is 0 Å². The smallest absolute Gasteiger partial charge is 0.278 e. The van der Waals surface area contributed by atoms with Crippen LogP contribution in [0, 0.1) is 6.92 Å². The summed E-state index contributed by atoms with van der Waals surface area (Å²) in [6.45, 7) is 1.75. The van der Waals surface area contributed by atoms with Crippen molar-refractivity contribution in [1.29, 1.82) is 0 Å². The summed E-state index contributed by atoms with van der Waals surface area (Å²) >= 11 is 0. The Labute approximate surface area is 84.1 Å². The van der Waals surface area contributed by atoms with Gasteiger partial charge in [-0.15, -0.1) is 5.10 Å². The van der Waals surface area contributed by atoms with Crippen LogP contribution >= 0.6 is 0 Å². The molecule has 1 amide bonds. The zero-order valence-corrected chi connectivity index (χ0v) is 7.80. The van der Waals surface area contributed by atoms with Crippen LogP contribution in [-0.2, 0) is 0 Å². The second-order valence-corrected chi connectivity index (χ2v) is 2.74. The van der Waals surface area contributed by atoms with Crippen LogP contribution in [0.5, 0.6) is 0 Å². The van der Waals surface area contributed by atoms with Crippen molar-refractivity contribution in [3.05, 3.63) is 23.8 Å². The van der Waals surface area contributed by atoms with Gasteiger partial charge in [0.2, 0.25) is 0 Å². The van der Waals surface area contributed by atoms with Crippen molar-refractivity contribution in [2.24, 2.45) is 0 Å². The summed E-state index contributed by atoms with van der Waals surface area (Å²) in [5.74, 6) is -0.323. The molecular weight excluding hydrogens is 198 g/mol. The standard InChI is InChI=1S/C7H7N7O/c1-4-2-8-3-5(9-4)6(15)10-7-11-13-14-12-7/h2-3H,1H3,(H2,10,11,12,13,14,15). The molecule has 2 aromatic rings. The fourth-order valence-electron chi connectivity index (χ4n) is 0.953. The van der Waals surface area contributed by atoms with Crippen LogP contribution in [0.15, 0.2) is 12.4 Å². The number of aromatic nitrogens is 6. The van der Waals surface area contributed by atoms with Gasteiger partial charge in [0.15, 0.2) is 0 Å². The zero-order chi connectivity index (χ0) is 10.7. The van der Waals surface area contributed by atoms with E-state index in [0.29, 0.717) is 5.69 Å². The van der Waals surface area contributed by atoms with E-state index in [4.69, 9.17) is 0 Å². The zero-order valence-electron chi connectivity index (χ0n) is 7.80. The number of aromatic amines is 1. The summed E-state index contributed by atoms with van der Waals surface area (Å²) in [5.41, 5.74) is 0.871. The molecule has 0 unspecified atom stereocenters. The van der Waals surface area contributed by atoms with Gasteiger partial charge in [-0.3, -0.25) is 15.1 Å². The lowest BCUT2D eigenvalue weighted by Gasteiger charge is -1.99. The van der Waals surface area contributed by atoms with E-state index in [2.05, 4.69) is 35.9 Å². The SMILES string of the molecule is Cc1cncc(C(=O)Nc2nn[nH]n2)n1. The predicted octanol–water partition coefficient (Wildman–Crippen LogP) is -0.450. The van der Waals surface area contributed by atoms with Crippen molar-refractivity contribution in [3.63, 3.8) is 0 Å². The highest BCUT2D eigenvalue weighted by Gasteiger charge is 2.10. The number of anilines is 1. The van der Waals surface area contributed by atoms with Gasteiger partial charge < -0.3 is 0 Å². The van der Waals surface area contributed by atoms with Gasteiger partial charge in [-0.1, -0.05) is 5.10 Å². The van der Waals surface area contributed by atoms with Gasteiger partial charge in [-0.25, -0.2) is 4.98 Å². The van der Waals surface area contributed by atoms with Crippen molar-refractivity contribution < 1.29 is 4.79 Å². The maximum atomic E-state index is 11.5. The average molecular weight is 205 g/mol. The highest BCUT2D eigenvalue weighted by molar-refractivity contribution is 6.01. The van der Waals surface area contributed by atoms with E-state index in [1.807, 2.05) is 0 Å². The number of nitrogens with zero attached hydrogens (tertiary/aromatic N) is 5. The maximum absolute atomic E-state index is 11.5. The number of rotatable bonds is 2. The number of tetrazole rings is 1. The molecule has 8 heteroatoms. The molecule has 0 spiro atoms. The van der Waals surface area contributed by atoms with Crippen LogP contribution in [0.2, 0.25) is 0 Å². The molecule has 2 rings (SSSR count). The Morgan fingerprint density at radius 1 is 1.47 bits per heavy atom. The summed E-state index contributed by atoms with van der Waals surface area (Å²) in [4.78, 5) is 19.4. The quantitative estimate of drug-likeness (QED) is 0.687. The predicted molar refractivity (Wildman–Crippen MR) is 48.9 cm³/mol. The largest absolute Gasteiger partial charge is 0.286 e. The van der Waals surface area contributed by atoms with E-state index < -0.39 is 5.91 Å². The van der Waals surface area contributed by atoms with E-state index in [1.54, 1.807) is 13.1 Å². The van der Waals surface area contributed by atoms with Gasteiger partial charge in [0, 0.05) is 6.20 Å². The molecule has 2 heterocycles. The van der Waals surface area contributed by atoms with Crippen molar-refractivity contribution in [2.75, 3.05) is 5.32 Å². The number of aryl methyl sites for hydroxylation is 1. The molecule has 8 nitrogen and oxygen atoms in total. The summed E-state index contributed by atoms with van der Waals surface area (Å²) in [7, 11) is 0. The number of H-pyrrole nitrogens is 1. The second-order valence-electron chi connectivity index (χ2n) is 2.74. The van der Waals surface area contributed by atoms with Gasteiger partial charge in [0.05, 0.1) is 11.9 Å². The van der Waals surface area contributed by atoms with Crippen molar-refractivity contribution in [3.8, 4) is 0 Å². The lowest BCUT2D eigenvalue weighted by atomic mass is 10.4. The van der Waals surface area contributed by atoms with Crippen molar-refractivity contribution in [2.45, 2.75) is 6.92 Å². The molecule has 0 saturated heterocycles. The third kappa shape index (κ3) is 2.10. The van der Waals surface area contributed by atoms with E-state index in [9.17, 15) is 4.79 Å². The fraction of sp³-hybridized carbons (Fsp3) is 0.143. The fourth-order valence-corrected chi connectivity index (χ4v) is 0.953. The third-order valence-corrected chi connectivity index (χ3v) is 1.56. The number of carbonyl (C=O) groups excluding carboxylic acids is 1. The maximum Gasteiger partial charge on any atom is 0.278 e. The minimum atomic E-state index is -0.424. The molecule has 0 aliphatic heterocycles. The van der Waals surface area contributed by atoms with Crippen LogP contribution in [-0.4, -0.2) is 36.5 Å². The molecule has 0 aromatic carbocycles. The Morgan fingerprint density at radius 3 is 3.00 bits per heavy atom. The first-order chi connectivity index (χ1) is 7.25. The lowest BCUT2D eigenvalue weighted by Crippen LogP contribution is -2.15. The molecule has 2 N–H and O–H groups in total. The molecular formula is C7H7N7O. The van der Waals surface area contributed by atoms with Crippen LogP contribution in [0.1, 0.15) is 16.2 Å². The molecule has 0 aliphatic rings. The van der Waals surface area contributed by atoms with Gasteiger partial charge in [-0.05, 0) is 12.1 Å². The molecule has 0 radical (unpaired) electrons. The van der Waals surface area contributed by atoms with Gasteiger partial charge in [0.25, 0.3) is 11.9 Å². The number of carbonyl (C=O) groups is 1. The van der Waals surface area contributed by atoms with E-state index in [-0.39, 0.29) is 11.6 Å². The molecule has 0 saturated carbocycles. The first-order valence-electron chi connectivity index (χ1n) is 4.09. The average Bonchev–Trinajstić information content (AvgIpc) is 2.70. The molecule has 0 fully saturated rings. The number of hydrogen-bond donors (Lipinski definition) is 2. The Morgan fingerprint density at radius 2 is 2.33 bits per heavy atom. The lowest BCUT2D eigenvalue weighted by molar-refractivity contribution is 0.102. The van der Waals surface area contributed by atoms with Gasteiger partial charge >= 0.3 is 0 Å². The van der Waals surface area contributed by atoms with Crippen LogP contribution in [0.4, 0.5) is 5.95 Å². The molecule has 0 atom stereocenters. The third-order valence-electron chi connectivity index (χ3n) is 1.56. The molecule has 76 valence electrons.